The minimum Gasteiger partial charge on any atom is -0.355 e. The van der Waals surface area contributed by atoms with Gasteiger partial charge in [-0.2, -0.15) is 0 Å². The molecule has 0 bridgehead atoms. The average Bonchev–Trinajstić information content (AvgIpc) is 3.08. The zero-order valence-electron chi connectivity index (χ0n) is 9.39. The van der Waals surface area contributed by atoms with Crippen molar-refractivity contribution in [3.63, 3.8) is 0 Å². The van der Waals surface area contributed by atoms with Crippen molar-refractivity contribution in [2.24, 2.45) is 17.3 Å². The summed E-state index contributed by atoms with van der Waals surface area (Å²) in [5.74, 6) is 1.19. The molecule has 0 saturated heterocycles. The standard InChI is InChI=1S/C12H20BrNO/c1-9(10-2-3-10)11(15)14-8-12(4-5-12)6-7-13/h9-10H,2-8H2,1H3,(H,14,15). The maximum Gasteiger partial charge on any atom is 0.223 e. The highest BCUT2D eigenvalue weighted by Crippen LogP contribution is 2.48. The van der Waals surface area contributed by atoms with Crippen molar-refractivity contribution >= 4 is 21.8 Å². The summed E-state index contributed by atoms with van der Waals surface area (Å²) in [6, 6.07) is 0. The van der Waals surface area contributed by atoms with E-state index in [0.29, 0.717) is 11.3 Å². The highest BCUT2D eigenvalue weighted by Gasteiger charge is 2.42. The van der Waals surface area contributed by atoms with Gasteiger partial charge in [-0.05, 0) is 43.4 Å². The van der Waals surface area contributed by atoms with Gasteiger partial charge in [-0.1, -0.05) is 22.9 Å². The van der Waals surface area contributed by atoms with E-state index in [1.54, 1.807) is 0 Å². The molecule has 1 unspecified atom stereocenters. The monoisotopic (exact) mass is 273 g/mol. The van der Waals surface area contributed by atoms with E-state index in [4.69, 9.17) is 0 Å². The number of amides is 1. The number of nitrogens with one attached hydrogen (secondary N) is 1. The number of halogens is 1. The fourth-order valence-electron chi connectivity index (χ4n) is 2.14. The third-order valence-corrected chi connectivity index (χ3v) is 4.36. The Morgan fingerprint density at radius 2 is 2.20 bits per heavy atom. The van der Waals surface area contributed by atoms with Gasteiger partial charge in [0.1, 0.15) is 0 Å². The van der Waals surface area contributed by atoms with Crippen LogP contribution in [0.5, 0.6) is 0 Å². The van der Waals surface area contributed by atoms with Gasteiger partial charge in [0, 0.05) is 17.8 Å². The summed E-state index contributed by atoms with van der Waals surface area (Å²) in [6.07, 6.45) is 6.28. The van der Waals surface area contributed by atoms with Crippen molar-refractivity contribution < 1.29 is 4.79 Å². The molecule has 0 spiro atoms. The second kappa shape index (κ2) is 4.44. The summed E-state index contributed by atoms with van der Waals surface area (Å²) in [5.41, 5.74) is 0.447. The van der Waals surface area contributed by atoms with Crippen LogP contribution in [0.1, 0.15) is 39.0 Å². The number of carbonyl (C=O) groups is 1. The highest BCUT2D eigenvalue weighted by molar-refractivity contribution is 9.09. The van der Waals surface area contributed by atoms with Gasteiger partial charge in [0.2, 0.25) is 5.91 Å². The van der Waals surface area contributed by atoms with Gasteiger partial charge in [-0.25, -0.2) is 0 Å². The minimum absolute atomic E-state index is 0.241. The van der Waals surface area contributed by atoms with E-state index < -0.39 is 0 Å². The zero-order chi connectivity index (χ0) is 10.9. The second-order valence-electron chi connectivity index (χ2n) is 5.28. The maximum atomic E-state index is 11.8. The molecule has 15 heavy (non-hydrogen) atoms. The number of rotatable bonds is 6. The third-order valence-electron chi connectivity index (χ3n) is 3.96. The first-order valence-corrected chi connectivity index (χ1v) is 7.13. The molecule has 0 aliphatic heterocycles. The lowest BCUT2D eigenvalue weighted by molar-refractivity contribution is -0.125. The molecular formula is C12H20BrNO. The fourth-order valence-corrected chi connectivity index (χ4v) is 2.98. The fraction of sp³-hybridized carbons (Fsp3) is 0.917. The molecule has 0 aromatic carbocycles. The van der Waals surface area contributed by atoms with Crippen LogP contribution in [0.2, 0.25) is 0 Å². The van der Waals surface area contributed by atoms with Crippen molar-refractivity contribution in [3.05, 3.63) is 0 Å². The van der Waals surface area contributed by atoms with E-state index in [0.717, 1.165) is 11.9 Å². The molecule has 86 valence electrons. The molecule has 2 fully saturated rings. The first kappa shape index (κ1) is 11.4. The maximum absolute atomic E-state index is 11.8. The van der Waals surface area contributed by atoms with Gasteiger partial charge in [0.05, 0.1) is 0 Å². The number of hydrogen-bond donors (Lipinski definition) is 1. The molecule has 0 heterocycles. The Labute approximate surface area is 100 Å². The molecule has 2 aliphatic carbocycles. The number of carbonyl (C=O) groups excluding carboxylic acids is 1. The van der Waals surface area contributed by atoms with Crippen LogP contribution in [-0.2, 0) is 4.79 Å². The predicted octanol–water partition coefficient (Wildman–Crippen LogP) is 2.71. The average molecular weight is 274 g/mol. The minimum atomic E-state index is 0.241. The normalized spacial score (nSPS) is 24.7. The third kappa shape index (κ3) is 2.96. The van der Waals surface area contributed by atoms with Crippen LogP contribution >= 0.6 is 15.9 Å². The molecule has 2 nitrogen and oxygen atoms in total. The van der Waals surface area contributed by atoms with E-state index >= 15 is 0 Å². The van der Waals surface area contributed by atoms with Crippen molar-refractivity contribution in [1.29, 1.82) is 0 Å². The van der Waals surface area contributed by atoms with Gasteiger partial charge in [0.25, 0.3) is 0 Å². The molecule has 1 N–H and O–H groups in total. The first-order valence-electron chi connectivity index (χ1n) is 6.01. The SMILES string of the molecule is CC(C(=O)NCC1(CCBr)CC1)C1CC1. The molecule has 1 amide bonds. The van der Waals surface area contributed by atoms with Crippen LogP contribution < -0.4 is 5.32 Å². The summed E-state index contributed by atoms with van der Waals surface area (Å²) in [5, 5.41) is 4.19. The Hall–Kier alpha value is -0.0500. The Balaban J connectivity index is 1.70. The van der Waals surface area contributed by atoms with Crippen LogP contribution in [-0.4, -0.2) is 17.8 Å². The van der Waals surface area contributed by atoms with E-state index in [9.17, 15) is 4.79 Å². The topological polar surface area (TPSA) is 29.1 Å². The van der Waals surface area contributed by atoms with Crippen molar-refractivity contribution in [2.75, 3.05) is 11.9 Å². The Bertz CT molecular complexity index is 246. The summed E-state index contributed by atoms with van der Waals surface area (Å²) in [7, 11) is 0. The molecule has 3 heteroatoms. The van der Waals surface area contributed by atoms with Gasteiger partial charge < -0.3 is 5.32 Å². The lowest BCUT2D eigenvalue weighted by Crippen LogP contribution is -2.35. The van der Waals surface area contributed by atoms with Crippen molar-refractivity contribution in [2.45, 2.75) is 39.0 Å². The molecule has 1 atom stereocenters. The van der Waals surface area contributed by atoms with E-state index in [-0.39, 0.29) is 11.8 Å². The molecular weight excluding hydrogens is 254 g/mol. The quantitative estimate of drug-likeness (QED) is 0.741. The smallest absolute Gasteiger partial charge is 0.223 e. The van der Waals surface area contributed by atoms with Gasteiger partial charge in [0.15, 0.2) is 0 Å². The van der Waals surface area contributed by atoms with Crippen LogP contribution in [0.15, 0.2) is 0 Å². The van der Waals surface area contributed by atoms with E-state index in [1.165, 1.54) is 32.1 Å². The Morgan fingerprint density at radius 3 is 2.67 bits per heavy atom. The van der Waals surface area contributed by atoms with Gasteiger partial charge in [-0.15, -0.1) is 0 Å². The van der Waals surface area contributed by atoms with Crippen LogP contribution in [0.25, 0.3) is 0 Å². The first-order chi connectivity index (χ1) is 7.17. The van der Waals surface area contributed by atoms with Gasteiger partial charge in [-0.3, -0.25) is 4.79 Å². The predicted molar refractivity (Wildman–Crippen MR) is 65.0 cm³/mol. The zero-order valence-corrected chi connectivity index (χ0v) is 11.0. The molecule has 0 aromatic rings. The van der Waals surface area contributed by atoms with Crippen LogP contribution in [0, 0.1) is 17.3 Å². The lowest BCUT2D eigenvalue weighted by atomic mass is 10.0. The van der Waals surface area contributed by atoms with E-state index in [2.05, 4.69) is 28.2 Å². The van der Waals surface area contributed by atoms with Crippen molar-refractivity contribution in [1.82, 2.24) is 5.32 Å². The Kier molecular flexibility index (Phi) is 3.39. The molecule has 2 aliphatic rings. The summed E-state index contributed by atoms with van der Waals surface area (Å²) >= 11 is 3.48. The number of alkyl halides is 1. The summed E-state index contributed by atoms with van der Waals surface area (Å²) < 4.78 is 0. The summed E-state index contributed by atoms with van der Waals surface area (Å²) in [6.45, 7) is 2.96. The molecule has 0 aromatic heterocycles. The number of hydrogen-bond acceptors (Lipinski definition) is 1. The lowest BCUT2D eigenvalue weighted by Gasteiger charge is -2.17. The molecule has 2 saturated carbocycles. The van der Waals surface area contributed by atoms with Gasteiger partial charge >= 0.3 is 0 Å². The molecule has 2 rings (SSSR count). The van der Waals surface area contributed by atoms with Crippen molar-refractivity contribution in [3.8, 4) is 0 Å². The summed E-state index contributed by atoms with van der Waals surface area (Å²) in [4.78, 5) is 11.8. The molecule has 0 radical (unpaired) electrons. The van der Waals surface area contributed by atoms with Crippen LogP contribution in [0.4, 0.5) is 0 Å². The second-order valence-corrected chi connectivity index (χ2v) is 6.08. The Morgan fingerprint density at radius 1 is 1.53 bits per heavy atom. The largest absolute Gasteiger partial charge is 0.355 e. The highest BCUT2D eigenvalue weighted by atomic mass is 79.9. The van der Waals surface area contributed by atoms with Crippen LogP contribution in [0.3, 0.4) is 0 Å². The van der Waals surface area contributed by atoms with E-state index in [1.807, 2.05) is 0 Å².